The molecule has 0 unspecified atom stereocenters. The number of hydrogen-bond donors (Lipinski definition) is 0. The summed E-state index contributed by atoms with van der Waals surface area (Å²) in [4.78, 5) is 0. The molecule has 0 saturated heterocycles. The Morgan fingerprint density at radius 3 is 1.31 bits per heavy atom. The topological polar surface area (TPSA) is 55.4 Å². The van der Waals surface area contributed by atoms with Gasteiger partial charge in [0.25, 0.3) is 5.41 Å². The van der Waals surface area contributed by atoms with Gasteiger partial charge in [0, 0.05) is 42.7 Å². The van der Waals surface area contributed by atoms with Gasteiger partial charge in [0.15, 0.2) is 5.41 Å². The standard InChI is InChI=1S/C8H22O6Si2/c1-9-7(15,10-2)8(11-3,12-4)16(13-5)14-6/h16H,1-6,15H3. The lowest BCUT2D eigenvalue weighted by atomic mass is 10.5. The Morgan fingerprint density at radius 1 is 0.750 bits per heavy atom. The average Bonchev–Trinajstić information content (AvgIpc) is 2.35. The van der Waals surface area contributed by atoms with Crippen LogP contribution in [0.4, 0.5) is 0 Å². The van der Waals surface area contributed by atoms with Gasteiger partial charge in [-0.2, -0.15) is 0 Å². The summed E-state index contributed by atoms with van der Waals surface area (Å²) in [5.41, 5.74) is -2.11. The lowest BCUT2D eigenvalue weighted by Crippen LogP contribution is -2.69. The van der Waals surface area contributed by atoms with E-state index in [0.717, 1.165) is 0 Å². The fourth-order valence-electron chi connectivity index (χ4n) is 1.64. The minimum Gasteiger partial charge on any atom is -0.397 e. The minimum atomic E-state index is -2.26. The number of ether oxygens (including phenoxy) is 4. The Morgan fingerprint density at radius 2 is 1.12 bits per heavy atom. The molecule has 0 aliphatic heterocycles. The first-order valence-electron chi connectivity index (χ1n) is 4.78. The third kappa shape index (κ3) is 2.54. The average molecular weight is 270 g/mol. The third-order valence-corrected chi connectivity index (χ3v) is 7.32. The molecule has 98 valence electrons. The highest BCUT2D eigenvalue weighted by Crippen LogP contribution is 2.31. The van der Waals surface area contributed by atoms with E-state index in [4.69, 9.17) is 27.8 Å². The van der Waals surface area contributed by atoms with Crippen molar-refractivity contribution in [1.29, 1.82) is 0 Å². The minimum absolute atomic E-state index is 0.533. The molecule has 0 amide bonds. The molecule has 0 fully saturated rings. The van der Waals surface area contributed by atoms with Gasteiger partial charge in [0.1, 0.15) is 0 Å². The van der Waals surface area contributed by atoms with Crippen molar-refractivity contribution in [2.45, 2.75) is 10.8 Å². The lowest BCUT2D eigenvalue weighted by molar-refractivity contribution is -0.320. The zero-order chi connectivity index (χ0) is 12.8. The van der Waals surface area contributed by atoms with Gasteiger partial charge in [0.05, 0.1) is 10.2 Å². The van der Waals surface area contributed by atoms with Crippen LogP contribution in [0.5, 0.6) is 0 Å². The van der Waals surface area contributed by atoms with Crippen LogP contribution in [0.15, 0.2) is 0 Å². The summed E-state index contributed by atoms with van der Waals surface area (Å²) in [6.07, 6.45) is 0. The maximum Gasteiger partial charge on any atom is 0.390 e. The van der Waals surface area contributed by atoms with Crippen molar-refractivity contribution < 1.29 is 27.8 Å². The molecule has 6 nitrogen and oxygen atoms in total. The Bertz CT molecular complexity index is 191. The van der Waals surface area contributed by atoms with E-state index in [1.165, 1.54) is 14.2 Å². The molecular weight excluding hydrogens is 248 g/mol. The number of rotatable bonds is 8. The van der Waals surface area contributed by atoms with E-state index in [0.29, 0.717) is 10.2 Å². The van der Waals surface area contributed by atoms with Gasteiger partial charge in [0.2, 0.25) is 0 Å². The molecule has 0 saturated carbocycles. The molecule has 0 radical (unpaired) electrons. The maximum atomic E-state index is 5.45. The van der Waals surface area contributed by atoms with E-state index in [1.54, 1.807) is 28.4 Å². The first-order valence-corrected chi connectivity index (χ1v) is 7.30. The van der Waals surface area contributed by atoms with Crippen LogP contribution in [0.2, 0.25) is 0 Å². The second-order valence-electron chi connectivity index (χ2n) is 3.23. The summed E-state index contributed by atoms with van der Waals surface area (Å²) in [7, 11) is 7.51. The van der Waals surface area contributed by atoms with Crippen LogP contribution in [-0.4, -0.2) is 73.0 Å². The van der Waals surface area contributed by atoms with Crippen molar-refractivity contribution in [1.82, 2.24) is 0 Å². The predicted molar refractivity (Wildman–Crippen MR) is 64.6 cm³/mol. The van der Waals surface area contributed by atoms with Crippen molar-refractivity contribution in [3.63, 3.8) is 0 Å². The molecule has 0 spiro atoms. The Balaban J connectivity index is 5.36. The maximum absolute atomic E-state index is 5.45. The van der Waals surface area contributed by atoms with Crippen LogP contribution in [0.1, 0.15) is 0 Å². The first-order chi connectivity index (χ1) is 7.51. The molecule has 0 rings (SSSR count). The van der Waals surface area contributed by atoms with E-state index in [9.17, 15) is 0 Å². The van der Waals surface area contributed by atoms with E-state index in [-0.39, 0.29) is 0 Å². The highest BCUT2D eigenvalue weighted by Gasteiger charge is 2.59. The van der Waals surface area contributed by atoms with Crippen LogP contribution in [-0.2, 0) is 27.8 Å². The first kappa shape index (κ1) is 16.2. The van der Waals surface area contributed by atoms with Crippen molar-refractivity contribution >= 4 is 19.5 Å². The van der Waals surface area contributed by atoms with Gasteiger partial charge in [-0.15, -0.1) is 0 Å². The van der Waals surface area contributed by atoms with Crippen LogP contribution < -0.4 is 0 Å². The summed E-state index contributed by atoms with van der Waals surface area (Å²) in [5.74, 6) is 0. The van der Waals surface area contributed by atoms with E-state index >= 15 is 0 Å². The van der Waals surface area contributed by atoms with Crippen molar-refractivity contribution in [2.75, 3.05) is 42.7 Å². The summed E-state index contributed by atoms with van der Waals surface area (Å²) in [6, 6.07) is 0. The molecule has 0 atom stereocenters. The highest BCUT2D eigenvalue weighted by atomic mass is 28.3. The molecular formula is C8H22O6Si2. The molecule has 0 aromatic heterocycles. The Labute approximate surface area is 101 Å². The Hall–Kier alpha value is 0.194. The molecule has 0 aromatic rings. The normalized spacial score (nSPS) is 13.7. The summed E-state index contributed by atoms with van der Waals surface area (Å²) in [5, 5.41) is 0. The number of hydrogen-bond acceptors (Lipinski definition) is 6. The van der Waals surface area contributed by atoms with E-state index < -0.39 is 20.1 Å². The molecule has 8 heteroatoms. The molecule has 0 aliphatic rings. The van der Waals surface area contributed by atoms with Crippen LogP contribution >= 0.6 is 0 Å². The van der Waals surface area contributed by atoms with Gasteiger partial charge in [-0.25, -0.2) is 0 Å². The second-order valence-corrected chi connectivity index (χ2v) is 6.92. The second kappa shape index (κ2) is 6.81. The van der Waals surface area contributed by atoms with E-state index in [2.05, 4.69) is 0 Å². The highest BCUT2D eigenvalue weighted by molar-refractivity contribution is 6.49. The van der Waals surface area contributed by atoms with Gasteiger partial charge in [-0.05, 0) is 0 Å². The third-order valence-electron chi connectivity index (χ3n) is 2.76. The van der Waals surface area contributed by atoms with Gasteiger partial charge >= 0.3 is 9.28 Å². The van der Waals surface area contributed by atoms with Crippen LogP contribution in [0.25, 0.3) is 0 Å². The largest absolute Gasteiger partial charge is 0.397 e. The zero-order valence-electron chi connectivity index (χ0n) is 11.0. The molecule has 0 heterocycles. The van der Waals surface area contributed by atoms with Crippen LogP contribution in [0.3, 0.4) is 0 Å². The zero-order valence-corrected chi connectivity index (χ0v) is 14.2. The van der Waals surface area contributed by atoms with Gasteiger partial charge < -0.3 is 27.8 Å². The van der Waals surface area contributed by atoms with Gasteiger partial charge in [-0.1, -0.05) is 0 Å². The summed E-state index contributed by atoms with van der Waals surface area (Å²) in [6.45, 7) is 0. The van der Waals surface area contributed by atoms with Gasteiger partial charge in [-0.3, -0.25) is 0 Å². The fourth-order valence-corrected chi connectivity index (χ4v) is 4.61. The van der Waals surface area contributed by atoms with E-state index in [1.807, 2.05) is 0 Å². The van der Waals surface area contributed by atoms with Crippen molar-refractivity contribution in [3.8, 4) is 0 Å². The Kier molecular flexibility index (Phi) is 6.90. The molecule has 16 heavy (non-hydrogen) atoms. The predicted octanol–water partition coefficient (Wildman–Crippen LogP) is -1.66. The monoisotopic (exact) mass is 270 g/mol. The smallest absolute Gasteiger partial charge is 0.390 e. The molecule has 0 bridgehead atoms. The van der Waals surface area contributed by atoms with Crippen LogP contribution in [0, 0.1) is 0 Å². The number of methoxy groups -OCH3 is 4. The molecule has 0 aromatic carbocycles. The van der Waals surface area contributed by atoms with Crippen molar-refractivity contribution in [3.05, 3.63) is 0 Å². The molecule has 0 N–H and O–H groups in total. The SMILES string of the molecule is CO[SiH](OC)C(OC)(OC)C([SiH3])(OC)OC. The summed E-state index contributed by atoms with van der Waals surface area (Å²) < 4.78 is 32.3. The molecule has 0 aliphatic carbocycles. The lowest BCUT2D eigenvalue weighted by Gasteiger charge is -2.45. The van der Waals surface area contributed by atoms with Crippen molar-refractivity contribution in [2.24, 2.45) is 0 Å². The quantitative estimate of drug-likeness (QED) is 0.389. The summed E-state index contributed by atoms with van der Waals surface area (Å²) >= 11 is 0. The fraction of sp³-hybridized carbons (Fsp3) is 1.00.